The van der Waals surface area contributed by atoms with E-state index in [4.69, 9.17) is 0 Å². The maximum absolute atomic E-state index is 12.3. The molecule has 0 aromatic heterocycles. The maximum Gasteiger partial charge on any atom is 0.325 e. The summed E-state index contributed by atoms with van der Waals surface area (Å²) in [5, 5.41) is 4.91. The molecule has 1 aliphatic rings. The van der Waals surface area contributed by atoms with Gasteiger partial charge in [-0.3, -0.25) is 34.9 Å². The molecule has 1 aliphatic heterocycles. The molecular weight excluding hydrogens is 378 g/mol. The minimum absolute atomic E-state index is 0.0557. The molecule has 4 N–H and O–H groups in total. The molecule has 0 radical (unpaired) electrons. The van der Waals surface area contributed by atoms with Crippen LogP contribution in [0.25, 0.3) is 6.08 Å². The second-order valence-corrected chi connectivity index (χ2v) is 6.91. The van der Waals surface area contributed by atoms with Gasteiger partial charge in [-0.05, 0) is 25.5 Å². The molecule has 1 aromatic rings. The minimum Gasteiger partial charge on any atom is -0.324 e. The lowest BCUT2D eigenvalue weighted by molar-refractivity contribution is -0.131. The van der Waals surface area contributed by atoms with E-state index in [2.05, 4.69) is 21.5 Å². The number of rotatable bonds is 6. The van der Waals surface area contributed by atoms with Gasteiger partial charge in [-0.25, -0.2) is 4.79 Å². The number of imide groups is 1. The standard InChI is InChI=1S/C19H23N5O5/c1-12(25)20-14(11-13-7-5-4-6-8-13)16(27)23-22-15(26)9-10-24-17(28)19(2,3)21-18(24)29/h4-8,11H,9-10H2,1-3H3,(H,20,25)(H,21,29)(H,22,26)(H,23,27)/b14-11-. The summed E-state index contributed by atoms with van der Waals surface area (Å²) < 4.78 is 0. The second kappa shape index (κ2) is 9.00. The van der Waals surface area contributed by atoms with E-state index in [-0.39, 0.29) is 18.7 Å². The summed E-state index contributed by atoms with van der Waals surface area (Å²) in [6, 6.07) is 8.26. The molecule has 1 aromatic carbocycles. The van der Waals surface area contributed by atoms with Crippen molar-refractivity contribution >= 4 is 35.7 Å². The predicted octanol–water partition coefficient (Wildman–Crippen LogP) is 0.0315. The van der Waals surface area contributed by atoms with Crippen molar-refractivity contribution in [3.8, 4) is 0 Å². The second-order valence-electron chi connectivity index (χ2n) is 6.91. The van der Waals surface area contributed by atoms with E-state index in [1.165, 1.54) is 13.0 Å². The normalized spacial score (nSPS) is 15.6. The number of hydrazine groups is 1. The molecule has 2 rings (SSSR count). The first kappa shape index (κ1) is 21.6. The third-order valence-electron chi connectivity index (χ3n) is 3.99. The first-order valence-electron chi connectivity index (χ1n) is 8.88. The molecule has 1 saturated heterocycles. The maximum atomic E-state index is 12.3. The highest BCUT2D eigenvalue weighted by Crippen LogP contribution is 2.16. The number of urea groups is 1. The molecule has 1 fully saturated rings. The molecule has 0 atom stereocenters. The number of hydrogen-bond acceptors (Lipinski definition) is 5. The fraction of sp³-hybridized carbons (Fsp3) is 0.316. The van der Waals surface area contributed by atoms with Gasteiger partial charge in [0.15, 0.2) is 0 Å². The van der Waals surface area contributed by atoms with Gasteiger partial charge in [-0.1, -0.05) is 30.3 Å². The molecule has 29 heavy (non-hydrogen) atoms. The van der Waals surface area contributed by atoms with Crippen LogP contribution in [0, 0.1) is 0 Å². The summed E-state index contributed by atoms with van der Waals surface area (Å²) in [6.45, 7) is 4.25. The highest BCUT2D eigenvalue weighted by Gasteiger charge is 2.43. The van der Waals surface area contributed by atoms with Gasteiger partial charge in [-0.15, -0.1) is 0 Å². The highest BCUT2D eigenvalue weighted by atomic mass is 16.2. The molecule has 10 heteroatoms. The Bertz CT molecular complexity index is 863. The lowest BCUT2D eigenvalue weighted by Crippen LogP contribution is -2.46. The summed E-state index contributed by atoms with van der Waals surface area (Å²) in [6.07, 6.45) is 1.26. The van der Waals surface area contributed by atoms with Crippen molar-refractivity contribution in [2.75, 3.05) is 6.54 Å². The number of nitrogens with one attached hydrogen (secondary N) is 4. The number of hydrogen-bond donors (Lipinski definition) is 4. The topological polar surface area (TPSA) is 137 Å². The monoisotopic (exact) mass is 401 g/mol. The van der Waals surface area contributed by atoms with Crippen LogP contribution < -0.4 is 21.5 Å². The third kappa shape index (κ3) is 5.89. The Labute approximate surface area is 167 Å². The fourth-order valence-corrected chi connectivity index (χ4v) is 2.55. The van der Waals surface area contributed by atoms with Gasteiger partial charge in [0.25, 0.3) is 11.8 Å². The molecule has 154 valence electrons. The summed E-state index contributed by atoms with van der Waals surface area (Å²) in [5.74, 6) is -2.22. The van der Waals surface area contributed by atoms with Crippen molar-refractivity contribution in [3.63, 3.8) is 0 Å². The van der Waals surface area contributed by atoms with Gasteiger partial charge in [0.05, 0.1) is 0 Å². The van der Waals surface area contributed by atoms with E-state index in [1.807, 2.05) is 6.07 Å². The smallest absolute Gasteiger partial charge is 0.324 e. The zero-order chi connectivity index (χ0) is 21.6. The zero-order valence-electron chi connectivity index (χ0n) is 16.4. The summed E-state index contributed by atoms with van der Waals surface area (Å²) in [4.78, 5) is 60.4. The van der Waals surface area contributed by atoms with E-state index in [0.29, 0.717) is 5.56 Å². The van der Waals surface area contributed by atoms with Crippen molar-refractivity contribution in [3.05, 3.63) is 41.6 Å². The number of carbonyl (C=O) groups is 5. The van der Waals surface area contributed by atoms with E-state index in [0.717, 1.165) is 4.90 Å². The Hall–Kier alpha value is -3.69. The fourth-order valence-electron chi connectivity index (χ4n) is 2.55. The Balaban J connectivity index is 1.91. The number of nitrogens with zero attached hydrogens (tertiary/aromatic N) is 1. The van der Waals surface area contributed by atoms with E-state index >= 15 is 0 Å². The lowest BCUT2D eigenvalue weighted by atomic mass is 10.1. The number of benzene rings is 1. The Morgan fingerprint density at radius 2 is 1.76 bits per heavy atom. The first-order valence-corrected chi connectivity index (χ1v) is 8.88. The molecule has 0 bridgehead atoms. The molecule has 0 aliphatic carbocycles. The zero-order valence-corrected chi connectivity index (χ0v) is 16.4. The van der Waals surface area contributed by atoms with Crippen LogP contribution in [0.3, 0.4) is 0 Å². The number of amides is 6. The van der Waals surface area contributed by atoms with E-state index in [9.17, 15) is 24.0 Å². The Morgan fingerprint density at radius 3 is 2.31 bits per heavy atom. The van der Waals surface area contributed by atoms with Crippen LogP contribution in [-0.4, -0.2) is 46.6 Å². The van der Waals surface area contributed by atoms with Crippen molar-refractivity contribution in [1.29, 1.82) is 0 Å². The van der Waals surface area contributed by atoms with Crippen molar-refractivity contribution in [2.45, 2.75) is 32.7 Å². The molecule has 6 amide bonds. The van der Waals surface area contributed by atoms with Crippen LogP contribution in [0.15, 0.2) is 36.0 Å². The Morgan fingerprint density at radius 1 is 1.10 bits per heavy atom. The molecule has 0 unspecified atom stereocenters. The SMILES string of the molecule is CC(=O)N/C(=C\c1ccccc1)C(=O)NNC(=O)CCN1C(=O)NC(C)(C)C1=O. The van der Waals surface area contributed by atoms with Gasteiger partial charge in [0.2, 0.25) is 11.8 Å². The van der Waals surface area contributed by atoms with Crippen LogP contribution >= 0.6 is 0 Å². The molecule has 10 nitrogen and oxygen atoms in total. The summed E-state index contributed by atoms with van der Waals surface area (Å²) in [7, 11) is 0. The van der Waals surface area contributed by atoms with Crippen LogP contribution in [0.2, 0.25) is 0 Å². The van der Waals surface area contributed by atoms with E-state index in [1.54, 1.807) is 38.1 Å². The van der Waals surface area contributed by atoms with Gasteiger partial charge >= 0.3 is 6.03 Å². The summed E-state index contributed by atoms with van der Waals surface area (Å²) in [5.41, 5.74) is 4.00. The minimum atomic E-state index is -1.02. The number of carbonyl (C=O) groups excluding carboxylic acids is 5. The molecular formula is C19H23N5O5. The van der Waals surface area contributed by atoms with Crippen LogP contribution in [0.1, 0.15) is 32.8 Å². The molecule has 0 saturated carbocycles. The van der Waals surface area contributed by atoms with E-state index < -0.39 is 35.2 Å². The average Bonchev–Trinajstić information content (AvgIpc) is 2.85. The average molecular weight is 401 g/mol. The van der Waals surface area contributed by atoms with Crippen molar-refractivity contribution in [1.82, 2.24) is 26.4 Å². The largest absolute Gasteiger partial charge is 0.325 e. The Kier molecular flexibility index (Phi) is 6.71. The van der Waals surface area contributed by atoms with Crippen LogP contribution in [-0.2, 0) is 19.2 Å². The summed E-state index contributed by atoms with van der Waals surface area (Å²) >= 11 is 0. The van der Waals surface area contributed by atoms with Crippen molar-refractivity contribution in [2.24, 2.45) is 0 Å². The van der Waals surface area contributed by atoms with Gasteiger partial charge in [-0.2, -0.15) is 0 Å². The molecule has 1 heterocycles. The first-order chi connectivity index (χ1) is 13.6. The highest BCUT2D eigenvalue weighted by molar-refractivity contribution is 6.06. The van der Waals surface area contributed by atoms with Crippen LogP contribution in [0.5, 0.6) is 0 Å². The third-order valence-corrected chi connectivity index (χ3v) is 3.99. The predicted molar refractivity (Wildman–Crippen MR) is 103 cm³/mol. The van der Waals surface area contributed by atoms with Crippen molar-refractivity contribution < 1.29 is 24.0 Å². The lowest BCUT2D eigenvalue weighted by Gasteiger charge is -2.16. The van der Waals surface area contributed by atoms with Gasteiger partial charge < -0.3 is 10.6 Å². The quantitative estimate of drug-likeness (QED) is 0.303. The molecule has 0 spiro atoms. The van der Waals surface area contributed by atoms with Gasteiger partial charge in [0.1, 0.15) is 11.2 Å². The van der Waals surface area contributed by atoms with Gasteiger partial charge in [0, 0.05) is 19.9 Å². The van der Waals surface area contributed by atoms with Crippen LogP contribution in [0.4, 0.5) is 4.79 Å².